The molecule has 1 saturated carbocycles. The SMILES string of the molecule is CC1CC(NCCc2ncn[nH]2)C1. The van der Waals surface area contributed by atoms with Crippen molar-refractivity contribution in [2.24, 2.45) is 5.92 Å². The molecule has 1 aliphatic carbocycles. The number of hydrogen-bond acceptors (Lipinski definition) is 3. The minimum atomic E-state index is 0.748. The maximum Gasteiger partial charge on any atom is 0.137 e. The largest absolute Gasteiger partial charge is 0.314 e. The van der Waals surface area contributed by atoms with E-state index in [2.05, 4.69) is 27.4 Å². The van der Waals surface area contributed by atoms with E-state index in [9.17, 15) is 0 Å². The molecule has 0 spiro atoms. The maximum absolute atomic E-state index is 4.07. The van der Waals surface area contributed by atoms with Gasteiger partial charge in [-0.3, -0.25) is 5.10 Å². The van der Waals surface area contributed by atoms with Gasteiger partial charge in [0.2, 0.25) is 0 Å². The highest BCUT2D eigenvalue weighted by Crippen LogP contribution is 2.25. The van der Waals surface area contributed by atoms with Gasteiger partial charge in [0.15, 0.2) is 0 Å². The van der Waals surface area contributed by atoms with E-state index in [4.69, 9.17) is 0 Å². The summed E-state index contributed by atoms with van der Waals surface area (Å²) in [6, 6.07) is 0.748. The average Bonchev–Trinajstić information content (AvgIpc) is 2.53. The van der Waals surface area contributed by atoms with Gasteiger partial charge in [-0.15, -0.1) is 0 Å². The predicted octanol–water partition coefficient (Wildman–Crippen LogP) is 0.735. The Morgan fingerprint density at radius 1 is 1.62 bits per heavy atom. The van der Waals surface area contributed by atoms with Gasteiger partial charge in [0.05, 0.1) is 0 Å². The number of rotatable bonds is 4. The number of nitrogens with zero attached hydrogens (tertiary/aromatic N) is 2. The zero-order valence-electron chi connectivity index (χ0n) is 7.95. The molecule has 13 heavy (non-hydrogen) atoms. The van der Waals surface area contributed by atoms with Crippen LogP contribution in [-0.4, -0.2) is 27.8 Å². The first-order valence-electron chi connectivity index (χ1n) is 4.92. The van der Waals surface area contributed by atoms with Gasteiger partial charge in [0.25, 0.3) is 0 Å². The number of aromatic nitrogens is 3. The summed E-state index contributed by atoms with van der Waals surface area (Å²) in [5, 5.41) is 10.2. The zero-order chi connectivity index (χ0) is 9.10. The number of hydrogen-bond donors (Lipinski definition) is 2. The van der Waals surface area contributed by atoms with Crippen molar-refractivity contribution in [1.82, 2.24) is 20.5 Å². The topological polar surface area (TPSA) is 53.6 Å². The lowest BCUT2D eigenvalue weighted by Gasteiger charge is -2.33. The van der Waals surface area contributed by atoms with Crippen LogP contribution in [0, 0.1) is 5.92 Å². The van der Waals surface area contributed by atoms with Gasteiger partial charge in [-0.25, -0.2) is 4.98 Å². The number of H-pyrrole nitrogens is 1. The van der Waals surface area contributed by atoms with Crippen molar-refractivity contribution in [3.05, 3.63) is 12.2 Å². The smallest absolute Gasteiger partial charge is 0.137 e. The molecule has 1 aromatic rings. The molecule has 0 amide bonds. The monoisotopic (exact) mass is 180 g/mol. The fourth-order valence-electron chi connectivity index (χ4n) is 1.81. The molecule has 0 unspecified atom stereocenters. The second-order valence-electron chi connectivity index (χ2n) is 3.91. The first-order valence-corrected chi connectivity index (χ1v) is 4.92. The molecule has 2 rings (SSSR count). The first kappa shape index (κ1) is 8.69. The fraction of sp³-hybridized carbons (Fsp3) is 0.778. The van der Waals surface area contributed by atoms with Gasteiger partial charge in [-0.2, -0.15) is 5.10 Å². The van der Waals surface area contributed by atoms with Crippen LogP contribution >= 0.6 is 0 Å². The summed E-state index contributed by atoms with van der Waals surface area (Å²) in [5.74, 6) is 1.89. The van der Waals surface area contributed by atoms with Crippen LogP contribution in [0.1, 0.15) is 25.6 Å². The van der Waals surface area contributed by atoms with Crippen LogP contribution in [-0.2, 0) is 6.42 Å². The second-order valence-corrected chi connectivity index (χ2v) is 3.91. The molecule has 4 nitrogen and oxygen atoms in total. The van der Waals surface area contributed by atoms with Gasteiger partial charge < -0.3 is 5.32 Å². The van der Waals surface area contributed by atoms with Crippen molar-refractivity contribution in [3.63, 3.8) is 0 Å². The third-order valence-corrected chi connectivity index (χ3v) is 2.63. The number of nitrogens with one attached hydrogen (secondary N) is 2. The lowest BCUT2D eigenvalue weighted by molar-refractivity contribution is 0.243. The molecule has 0 aliphatic heterocycles. The molecule has 0 saturated heterocycles. The summed E-state index contributed by atoms with van der Waals surface area (Å²) >= 11 is 0. The minimum Gasteiger partial charge on any atom is -0.314 e. The van der Waals surface area contributed by atoms with E-state index in [1.165, 1.54) is 12.8 Å². The Balaban J connectivity index is 1.59. The van der Waals surface area contributed by atoms with Gasteiger partial charge in [-0.05, 0) is 18.8 Å². The Labute approximate surface area is 78.1 Å². The molecule has 0 bridgehead atoms. The van der Waals surface area contributed by atoms with Gasteiger partial charge >= 0.3 is 0 Å². The number of aromatic amines is 1. The van der Waals surface area contributed by atoms with Crippen molar-refractivity contribution in [2.75, 3.05) is 6.54 Å². The maximum atomic E-state index is 4.07. The van der Waals surface area contributed by atoms with E-state index in [1.54, 1.807) is 6.33 Å². The molecular weight excluding hydrogens is 164 g/mol. The van der Waals surface area contributed by atoms with Gasteiger partial charge in [0, 0.05) is 19.0 Å². The summed E-state index contributed by atoms with van der Waals surface area (Å²) < 4.78 is 0. The van der Waals surface area contributed by atoms with Crippen molar-refractivity contribution >= 4 is 0 Å². The van der Waals surface area contributed by atoms with Crippen molar-refractivity contribution in [1.29, 1.82) is 0 Å². The zero-order valence-corrected chi connectivity index (χ0v) is 7.95. The van der Waals surface area contributed by atoms with Crippen molar-refractivity contribution in [3.8, 4) is 0 Å². The molecule has 1 fully saturated rings. The predicted molar refractivity (Wildman–Crippen MR) is 50.3 cm³/mol. The highest BCUT2D eigenvalue weighted by molar-refractivity contribution is 4.85. The van der Waals surface area contributed by atoms with Crippen LogP contribution in [0.4, 0.5) is 0 Å². The minimum absolute atomic E-state index is 0.748. The summed E-state index contributed by atoms with van der Waals surface area (Å²) in [6.45, 7) is 3.31. The third kappa shape index (κ3) is 2.28. The molecule has 2 N–H and O–H groups in total. The lowest BCUT2D eigenvalue weighted by atomic mass is 9.82. The first-order chi connectivity index (χ1) is 6.34. The Hall–Kier alpha value is -0.900. The van der Waals surface area contributed by atoms with E-state index in [0.29, 0.717) is 0 Å². The molecule has 1 heterocycles. The van der Waals surface area contributed by atoms with Crippen LogP contribution in [0.5, 0.6) is 0 Å². The normalized spacial score (nSPS) is 27.2. The van der Waals surface area contributed by atoms with Crippen molar-refractivity contribution in [2.45, 2.75) is 32.2 Å². The van der Waals surface area contributed by atoms with E-state index in [1.807, 2.05) is 0 Å². The van der Waals surface area contributed by atoms with Crippen molar-refractivity contribution < 1.29 is 0 Å². The van der Waals surface area contributed by atoms with Crippen LogP contribution in [0.25, 0.3) is 0 Å². The van der Waals surface area contributed by atoms with E-state index < -0.39 is 0 Å². The molecule has 0 radical (unpaired) electrons. The van der Waals surface area contributed by atoms with Crippen LogP contribution in [0.3, 0.4) is 0 Å². The highest BCUT2D eigenvalue weighted by atomic mass is 15.2. The summed E-state index contributed by atoms with van der Waals surface area (Å²) in [4.78, 5) is 4.07. The third-order valence-electron chi connectivity index (χ3n) is 2.63. The lowest BCUT2D eigenvalue weighted by Crippen LogP contribution is -2.41. The molecule has 1 aromatic heterocycles. The highest BCUT2D eigenvalue weighted by Gasteiger charge is 2.24. The van der Waals surface area contributed by atoms with Crippen LogP contribution < -0.4 is 5.32 Å². The molecule has 0 atom stereocenters. The Bertz CT molecular complexity index is 238. The summed E-state index contributed by atoms with van der Waals surface area (Å²) in [5.41, 5.74) is 0. The van der Waals surface area contributed by atoms with E-state index >= 15 is 0 Å². The van der Waals surface area contributed by atoms with Gasteiger partial charge in [-0.1, -0.05) is 6.92 Å². The van der Waals surface area contributed by atoms with E-state index in [-0.39, 0.29) is 0 Å². The molecule has 72 valence electrons. The Morgan fingerprint density at radius 3 is 3.08 bits per heavy atom. The molecule has 1 aliphatic rings. The van der Waals surface area contributed by atoms with Crippen LogP contribution in [0.2, 0.25) is 0 Å². The second kappa shape index (κ2) is 3.87. The molecular formula is C9H16N4. The Kier molecular flexibility index (Phi) is 2.59. The average molecular weight is 180 g/mol. The van der Waals surface area contributed by atoms with E-state index in [0.717, 1.165) is 30.7 Å². The quantitative estimate of drug-likeness (QED) is 0.718. The molecule has 4 heteroatoms. The summed E-state index contributed by atoms with van der Waals surface area (Å²) in [6.07, 6.45) is 5.17. The fourth-order valence-corrected chi connectivity index (χ4v) is 1.81. The Morgan fingerprint density at radius 2 is 2.46 bits per heavy atom. The van der Waals surface area contributed by atoms with Crippen LogP contribution in [0.15, 0.2) is 6.33 Å². The van der Waals surface area contributed by atoms with Gasteiger partial charge in [0.1, 0.15) is 12.2 Å². The summed E-state index contributed by atoms with van der Waals surface area (Å²) in [7, 11) is 0. The standard InChI is InChI=1S/C9H16N4/c1-7-4-8(5-7)10-3-2-9-11-6-12-13-9/h6-8,10H,2-5H2,1H3,(H,11,12,13). The molecule has 0 aromatic carbocycles.